The van der Waals surface area contributed by atoms with Crippen molar-refractivity contribution in [3.63, 3.8) is 0 Å². The molecule has 1 aliphatic rings. The van der Waals surface area contributed by atoms with Crippen molar-refractivity contribution in [2.45, 2.75) is 37.6 Å². The van der Waals surface area contributed by atoms with E-state index in [1.165, 1.54) is 0 Å². The molecule has 1 fully saturated rings. The molecule has 4 nitrogen and oxygen atoms in total. The number of hydrogen-bond donors (Lipinski definition) is 1. The van der Waals surface area contributed by atoms with Gasteiger partial charge in [0.15, 0.2) is 0 Å². The number of nitrogens with zero attached hydrogens (tertiary/aromatic N) is 1. The second kappa shape index (κ2) is 6.13. The van der Waals surface area contributed by atoms with Crippen molar-refractivity contribution in [1.82, 2.24) is 4.31 Å². The van der Waals surface area contributed by atoms with Crippen LogP contribution in [0.4, 0.5) is 0 Å². The molecular weight excluding hydrogens is 340 g/mol. The first kappa shape index (κ1) is 15.9. The molecule has 2 unspecified atom stereocenters. The lowest BCUT2D eigenvalue weighted by atomic mass is 9.93. The van der Waals surface area contributed by atoms with Crippen LogP contribution >= 0.6 is 15.9 Å². The SMILES string of the molecule is Cc1cc(Br)cc(S(=O)(=O)N2CCCC(C(C)N)C2)c1. The van der Waals surface area contributed by atoms with Crippen LogP contribution in [0.1, 0.15) is 25.3 Å². The Hall–Kier alpha value is -0.430. The molecular formula is C14H21BrN2O2S. The summed E-state index contributed by atoms with van der Waals surface area (Å²) < 4.78 is 27.8. The van der Waals surface area contributed by atoms with Crippen LogP contribution < -0.4 is 5.73 Å². The summed E-state index contributed by atoms with van der Waals surface area (Å²) in [5.74, 6) is 0.242. The molecule has 6 heteroatoms. The molecule has 0 bridgehead atoms. The van der Waals surface area contributed by atoms with E-state index in [4.69, 9.17) is 5.73 Å². The van der Waals surface area contributed by atoms with Gasteiger partial charge in [-0.25, -0.2) is 8.42 Å². The summed E-state index contributed by atoms with van der Waals surface area (Å²) in [7, 11) is -3.43. The van der Waals surface area contributed by atoms with Crippen LogP contribution in [0, 0.1) is 12.8 Å². The Kier molecular flexibility index (Phi) is 4.89. The summed E-state index contributed by atoms with van der Waals surface area (Å²) in [6.45, 7) is 4.94. The Labute approximate surface area is 129 Å². The summed E-state index contributed by atoms with van der Waals surface area (Å²) in [5.41, 5.74) is 6.86. The Morgan fingerprint density at radius 2 is 2.10 bits per heavy atom. The molecule has 1 saturated heterocycles. The summed E-state index contributed by atoms with van der Waals surface area (Å²) in [5, 5.41) is 0. The third-order valence-electron chi connectivity index (χ3n) is 3.82. The third kappa shape index (κ3) is 3.42. The topological polar surface area (TPSA) is 63.4 Å². The van der Waals surface area contributed by atoms with Crippen molar-refractivity contribution >= 4 is 26.0 Å². The second-order valence-electron chi connectivity index (χ2n) is 5.59. The fourth-order valence-corrected chi connectivity index (χ4v) is 5.05. The summed E-state index contributed by atoms with van der Waals surface area (Å²) in [4.78, 5) is 0.356. The monoisotopic (exact) mass is 360 g/mol. The van der Waals surface area contributed by atoms with Crippen molar-refractivity contribution in [1.29, 1.82) is 0 Å². The number of halogens is 1. The number of piperidine rings is 1. The zero-order valence-electron chi connectivity index (χ0n) is 11.8. The maximum absolute atomic E-state index is 12.7. The van der Waals surface area contributed by atoms with Crippen LogP contribution in [0.25, 0.3) is 0 Å². The highest BCUT2D eigenvalue weighted by atomic mass is 79.9. The third-order valence-corrected chi connectivity index (χ3v) is 6.12. The zero-order chi connectivity index (χ0) is 14.9. The zero-order valence-corrected chi connectivity index (χ0v) is 14.2. The number of rotatable bonds is 3. The first-order valence-corrected chi connectivity index (χ1v) is 9.07. The molecule has 20 heavy (non-hydrogen) atoms. The normalized spacial score (nSPS) is 22.7. The van der Waals surface area contributed by atoms with Gasteiger partial charge in [-0.3, -0.25) is 0 Å². The average Bonchev–Trinajstić information content (AvgIpc) is 2.37. The van der Waals surface area contributed by atoms with E-state index in [0.29, 0.717) is 18.0 Å². The van der Waals surface area contributed by atoms with E-state index in [9.17, 15) is 8.42 Å². The van der Waals surface area contributed by atoms with Gasteiger partial charge in [-0.05, 0) is 56.4 Å². The molecule has 2 rings (SSSR count). The summed E-state index contributed by atoms with van der Waals surface area (Å²) in [6.07, 6.45) is 1.87. The number of benzene rings is 1. The van der Waals surface area contributed by atoms with Gasteiger partial charge >= 0.3 is 0 Å². The Morgan fingerprint density at radius 1 is 1.40 bits per heavy atom. The molecule has 112 valence electrons. The Balaban J connectivity index is 2.30. The van der Waals surface area contributed by atoms with Crippen LogP contribution in [0.15, 0.2) is 27.6 Å². The van der Waals surface area contributed by atoms with Crippen molar-refractivity contribution in [3.8, 4) is 0 Å². The van der Waals surface area contributed by atoms with Crippen LogP contribution in [-0.4, -0.2) is 31.9 Å². The molecule has 0 amide bonds. The molecule has 2 N–H and O–H groups in total. The minimum absolute atomic E-state index is 0.0252. The summed E-state index contributed by atoms with van der Waals surface area (Å²) in [6, 6.07) is 5.31. The lowest BCUT2D eigenvalue weighted by Gasteiger charge is -2.33. The minimum Gasteiger partial charge on any atom is -0.328 e. The van der Waals surface area contributed by atoms with Gasteiger partial charge in [0.25, 0.3) is 0 Å². The van der Waals surface area contributed by atoms with E-state index in [0.717, 1.165) is 22.9 Å². The maximum Gasteiger partial charge on any atom is 0.243 e. The molecule has 0 spiro atoms. The van der Waals surface area contributed by atoms with Crippen LogP contribution in [0.2, 0.25) is 0 Å². The number of aryl methyl sites for hydroxylation is 1. The highest BCUT2D eigenvalue weighted by Gasteiger charge is 2.31. The lowest BCUT2D eigenvalue weighted by molar-refractivity contribution is 0.243. The second-order valence-corrected chi connectivity index (χ2v) is 8.44. The van der Waals surface area contributed by atoms with Gasteiger partial charge in [-0.2, -0.15) is 4.31 Å². The fourth-order valence-electron chi connectivity index (χ4n) is 2.62. The molecule has 1 aromatic carbocycles. The van der Waals surface area contributed by atoms with Crippen LogP contribution in [0.3, 0.4) is 0 Å². The van der Waals surface area contributed by atoms with E-state index >= 15 is 0 Å². The van der Waals surface area contributed by atoms with Crippen molar-refractivity contribution < 1.29 is 8.42 Å². The predicted octanol–water partition coefficient (Wildman–Crippen LogP) is 2.51. The smallest absolute Gasteiger partial charge is 0.243 e. The highest BCUT2D eigenvalue weighted by Crippen LogP contribution is 2.27. The molecule has 2 atom stereocenters. The van der Waals surface area contributed by atoms with Gasteiger partial charge < -0.3 is 5.73 Å². The highest BCUT2D eigenvalue weighted by molar-refractivity contribution is 9.10. The lowest BCUT2D eigenvalue weighted by Crippen LogP contribution is -2.44. The Morgan fingerprint density at radius 3 is 2.70 bits per heavy atom. The van der Waals surface area contributed by atoms with Gasteiger partial charge in [0.2, 0.25) is 10.0 Å². The molecule has 0 aromatic heterocycles. The van der Waals surface area contributed by atoms with Gasteiger partial charge in [-0.15, -0.1) is 0 Å². The largest absolute Gasteiger partial charge is 0.328 e. The standard InChI is InChI=1S/C14H21BrN2O2S/c1-10-6-13(15)8-14(7-10)20(18,19)17-5-3-4-12(9-17)11(2)16/h6-8,11-12H,3-5,9,16H2,1-2H3. The molecule has 1 aliphatic heterocycles. The number of nitrogens with two attached hydrogens (primary N) is 1. The average molecular weight is 361 g/mol. The van der Waals surface area contributed by atoms with Crippen molar-refractivity contribution in [2.75, 3.05) is 13.1 Å². The fraction of sp³-hybridized carbons (Fsp3) is 0.571. The molecule has 0 saturated carbocycles. The van der Waals surface area contributed by atoms with E-state index in [1.807, 2.05) is 19.9 Å². The van der Waals surface area contributed by atoms with E-state index in [1.54, 1.807) is 16.4 Å². The quantitative estimate of drug-likeness (QED) is 0.900. The van der Waals surface area contributed by atoms with Crippen LogP contribution in [0.5, 0.6) is 0 Å². The van der Waals surface area contributed by atoms with E-state index in [2.05, 4.69) is 15.9 Å². The molecule has 1 heterocycles. The molecule has 1 aromatic rings. The molecule has 0 radical (unpaired) electrons. The number of sulfonamides is 1. The first-order valence-electron chi connectivity index (χ1n) is 6.83. The molecule has 0 aliphatic carbocycles. The van der Waals surface area contributed by atoms with Gasteiger partial charge in [0.05, 0.1) is 4.90 Å². The minimum atomic E-state index is -3.43. The van der Waals surface area contributed by atoms with Gasteiger partial charge in [0.1, 0.15) is 0 Å². The Bertz CT molecular complexity index is 567. The van der Waals surface area contributed by atoms with Crippen LogP contribution in [-0.2, 0) is 10.0 Å². The van der Waals surface area contributed by atoms with Gasteiger partial charge in [0, 0.05) is 23.6 Å². The maximum atomic E-state index is 12.7. The van der Waals surface area contributed by atoms with Crippen molar-refractivity contribution in [2.24, 2.45) is 11.7 Å². The summed E-state index contributed by atoms with van der Waals surface area (Å²) >= 11 is 3.36. The first-order chi connectivity index (χ1) is 9.30. The van der Waals surface area contributed by atoms with E-state index < -0.39 is 10.0 Å². The van der Waals surface area contributed by atoms with E-state index in [-0.39, 0.29) is 12.0 Å². The van der Waals surface area contributed by atoms with Gasteiger partial charge in [-0.1, -0.05) is 15.9 Å². The van der Waals surface area contributed by atoms with Crippen molar-refractivity contribution in [3.05, 3.63) is 28.2 Å². The predicted molar refractivity (Wildman–Crippen MR) is 84.0 cm³/mol. The number of hydrogen-bond acceptors (Lipinski definition) is 3.